The van der Waals surface area contributed by atoms with Gasteiger partial charge in [0.15, 0.2) is 0 Å². The van der Waals surface area contributed by atoms with Gasteiger partial charge in [0.1, 0.15) is 18.3 Å². The summed E-state index contributed by atoms with van der Waals surface area (Å²) in [7, 11) is 0. The first kappa shape index (κ1) is 15.7. The Morgan fingerprint density at radius 3 is 1.73 bits per heavy atom. The van der Waals surface area contributed by atoms with E-state index in [9.17, 15) is 15.3 Å². The van der Waals surface area contributed by atoms with E-state index in [-0.39, 0.29) is 0 Å². The lowest BCUT2D eigenvalue weighted by molar-refractivity contribution is -0.0793. The zero-order chi connectivity index (χ0) is 18.0. The fraction of sp³-hybridized carbons (Fsp3) is 0.182. The van der Waals surface area contributed by atoms with Crippen molar-refractivity contribution in [1.29, 1.82) is 0 Å². The van der Waals surface area contributed by atoms with E-state index in [0.717, 1.165) is 37.9 Å². The molecule has 0 amide bonds. The number of nitrogens with two attached hydrogens (primary N) is 1. The minimum absolute atomic E-state index is 0.586. The number of benzene rings is 4. The molecule has 0 unspecified atom stereocenters. The average molecular weight is 345 g/mol. The van der Waals surface area contributed by atoms with Crippen molar-refractivity contribution in [3.05, 3.63) is 71.8 Å². The van der Waals surface area contributed by atoms with Crippen molar-refractivity contribution >= 4 is 32.3 Å². The van der Waals surface area contributed by atoms with E-state index in [1.807, 2.05) is 42.5 Å². The summed E-state index contributed by atoms with van der Waals surface area (Å²) in [6.45, 7) is 0. The molecule has 4 nitrogen and oxygen atoms in total. The largest absolute Gasteiger partial charge is 0.388 e. The summed E-state index contributed by atoms with van der Waals surface area (Å²) in [5, 5.41) is 37.4. The third kappa shape index (κ3) is 1.93. The molecule has 130 valence electrons. The molecule has 5 rings (SSSR count). The summed E-state index contributed by atoms with van der Waals surface area (Å²) in [5.74, 6) is 0. The molecule has 0 bridgehead atoms. The Bertz CT molecular complexity index is 1140. The Morgan fingerprint density at radius 1 is 0.615 bits per heavy atom. The molecule has 4 aromatic carbocycles. The predicted molar refractivity (Wildman–Crippen MR) is 103 cm³/mol. The Labute approximate surface area is 150 Å². The maximum Gasteiger partial charge on any atom is 0.112 e. The van der Waals surface area contributed by atoms with Crippen molar-refractivity contribution in [2.45, 2.75) is 24.4 Å². The highest BCUT2D eigenvalue weighted by Gasteiger charge is 2.40. The minimum atomic E-state index is -1.29. The standard InChI is InChI=1S/C22H19NO3/c23-19-18-16(20(24)22(26)21(19)25)10-9-15-13-7-2-1-5-11(13)12-6-3-4-8-14(12)17(15)18/h1-10,19-22,24-26H,23H2/t19-,20-,21+,22+/m1/s1. The first-order valence-electron chi connectivity index (χ1n) is 8.75. The van der Waals surface area contributed by atoms with Crippen molar-refractivity contribution < 1.29 is 15.3 Å². The van der Waals surface area contributed by atoms with Crippen LogP contribution in [0.3, 0.4) is 0 Å². The van der Waals surface area contributed by atoms with Crippen LogP contribution in [0.2, 0.25) is 0 Å². The molecule has 0 saturated heterocycles. The van der Waals surface area contributed by atoms with Gasteiger partial charge in [0.2, 0.25) is 0 Å². The second kappa shape index (κ2) is 5.50. The maximum absolute atomic E-state index is 10.5. The second-order valence-electron chi connectivity index (χ2n) is 7.03. The zero-order valence-corrected chi connectivity index (χ0v) is 14.0. The van der Waals surface area contributed by atoms with Crippen LogP contribution in [0.4, 0.5) is 0 Å². The van der Waals surface area contributed by atoms with Crippen molar-refractivity contribution in [3.8, 4) is 0 Å². The quantitative estimate of drug-likeness (QED) is 0.369. The topological polar surface area (TPSA) is 86.7 Å². The van der Waals surface area contributed by atoms with Gasteiger partial charge in [-0.1, -0.05) is 60.7 Å². The third-order valence-electron chi connectivity index (χ3n) is 5.68. The molecular formula is C22H19NO3. The Balaban J connectivity index is 2.06. The summed E-state index contributed by atoms with van der Waals surface area (Å²) in [5.41, 5.74) is 7.63. The minimum Gasteiger partial charge on any atom is -0.388 e. The van der Waals surface area contributed by atoms with Crippen LogP contribution < -0.4 is 5.73 Å². The molecule has 0 aliphatic heterocycles. The highest BCUT2D eigenvalue weighted by Crippen LogP contribution is 2.44. The van der Waals surface area contributed by atoms with Crippen LogP contribution in [0.1, 0.15) is 23.3 Å². The number of fused-ring (bicyclic) bond motifs is 8. The van der Waals surface area contributed by atoms with Gasteiger partial charge in [-0.3, -0.25) is 0 Å². The number of hydrogen-bond acceptors (Lipinski definition) is 4. The molecule has 0 spiro atoms. The molecule has 0 heterocycles. The summed E-state index contributed by atoms with van der Waals surface area (Å²) >= 11 is 0. The van der Waals surface area contributed by atoms with Gasteiger partial charge in [0, 0.05) is 0 Å². The molecule has 4 aromatic rings. The molecule has 0 fully saturated rings. The van der Waals surface area contributed by atoms with Gasteiger partial charge in [-0.25, -0.2) is 0 Å². The zero-order valence-electron chi connectivity index (χ0n) is 14.0. The van der Waals surface area contributed by atoms with E-state index in [1.165, 1.54) is 0 Å². The van der Waals surface area contributed by atoms with Crippen molar-refractivity contribution in [1.82, 2.24) is 0 Å². The monoisotopic (exact) mass is 345 g/mol. The highest BCUT2D eigenvalue weighted by atomic mass is 16.4. The van der Waals surface area contributed by atoms with Crippen LogP contribution in [-0.4, -0.2) is 27.5 Å². The number of hydrogen-bond donors (Lipinski definition) is 4. The SMILES string of the molecule is N[C@@H]1c2c(ccc3c4ccccc4c4ccccc4c23)[C@@H](O)[C@H](O)[C@H]1O. The molecule has 0 aromatic heterocycles. The van der Waals surface area contributed by atoms with Crippen LogP contribution in [0.15, 0.2) is 60.7 Å². The van der Waals surface area contributed by atoms with Gasteiger partial charge in [-0.15, -0.1) is 0 Å². The van der Waals surface area contributed by atoms with Crippen LogP contribution in [0.25, 0.3) is 32.3 Å². The molecule has 0 radical (unpaired) electrons. The van der Waals surface area contributed by atoms with E-state index < -0.39 is 24.4 Å². The van der Waals surface area contributed by atoms with E-state index in [1.54, 1.807) is 0 Å². The molecule has 1 aliphatic carbocycles. The molecular weight excluding hydrogens is 326 g/mol. The van der Waals surface area contributed by atoms with Gasteiger partial charge < -0.3 is 21.1 Å². The van der Waals surface area contributed by atoms with Crippen LogP contribution >= 0.6 is 0 Å². The van der Waals surface area contributed by atoms with Gasteiger partial charge in [0.05, 0.1) is 6.04 Å². The smallest absolute Gasteiger partial charge is 0.112 e. The molecule has 5 N–H and O–H groups in total. The molecule has 0 saturated carbocycles. The molecule has 4 atom stereocenters. The van der Waals surface area contributed by atoms with Crippen molar-refractivity contribution in [2.75, 3.05) is 0 Å². The summed E-state index contributed by atoms with van der Waals surface area (Å²) in [6.07, 6.45) is -3.66. The number of aliphatic hydroxyl groups is 3. The summed E-state index contributed by atoms with van der Waals surface area (Å²) in [4.78, 5) is 0. The Kier molecular flexibility index (Phi) is 3.33. The Hall–Kier alpha value is -2.50. The maximum atomic E-state index is 10.5. The lowest BCUT2D eigenvalue weighted by Gasteiger charge is -2.36. The molecule has 1 aliphatic rings. The van der Waals surface area contributed by atoms with E-state index in [4.69, 9.17) is 5.73 Å². The average Bonchev–Trinajstić information content (AvgIpc) is 2.70. The van der Waals surface area contributed by atoms with Gasteiger partial charge >= 0.3 is 0 Å². The van der Waals surface area contributed by atoms with E-state index >= 15 is 0 Å². The van der Waals surface area contributed by atoms with E-state index in [2.05, 4.69) is 18.2 Å². The van der Waals surface area contributed by atoms with Crippen molar-refractivity contribution in [2.24, 2.45) is 5.73 Å². The third-order valence-corrected chi connectivity index (χ3v) is 5.68. The van der Waals surface area contributed by atoms with Gasteiger partial charge in [-0.05, 0) is 43.4 Å². The van der Waals surface area contributed by atoms with E-state index in [0.29, 0.717) is 5.56 Å². The van der Waals surface area contributed by atoms with Gasteiger partial charge in [-0.2, -0.15) is 0 Å². The summed E-state index contributed by atoms with van der Waals surface area (Å²) in [6, 6.07) is 19.3. The second-order valence-corrected chi connectivity index (χ2v) is 7.03. The lowest BCUT2D eigenvalue weighted by atomic mass is 9.78. The lowest BCUT2D eigenvalue weighted by Crippen LogP contribution is -2.45. The van der Waals surface area contributed by atoms with Crippen molar-refractivity contribution in [3.63, 3.8) is 0 Å². The normalized spacial score (nSPS) is 25.7. The number of rotatable bonds is 0. The molecule has 26 heavy (non-hydrogen) atoms. The van der Waals surface area contributed by atoms with Crippen LogP contribution in [-0.2, 0) is 0 Å². The first-order chi connectivity index (χ1) is 12.6. The van der Waals surface area contributed by atoms with Crippen LogP contribution in [0.5, 0.6) is 0 Å². The Morgan fingerprint density at radius 2 is 1.12 bits per heavy atom. The fourth-order valence-electron chi connectivity index (χ4n) is 4.41. The predicted octanol–water partition coefficient (Wildman–Crippen LogP) is 2.91. The summed E-state index contributed by atoms with van der Waals surface area (Å²) < 4.78 is 0. The van der Waals surface area contributed by atoms with Gasteiger partial charge in [0.25, 0.3) is 0 Å². The first-order valence-corrected chi connectivity index (χ1v) is 8.75. The fourth-order valence-corrected chi connectivity index (χ4v) is 4.41. The molecule has 4 heteroatoms. The highest BCUT2D eigenvalue weighted by molar-refractivity contribution is 6.26. The number of aliphatic hydroxyl groups excluding tert-OH is 3. The van der Waals surface area contributed by atoms with Crippen LogP contribution in [0, 0.1) is 0 Å².